The third kappa shape index (κ3) is 3.55. The van der Waals surface area contributed by atoms with Gasteiger partial charge in [-0.2, -0.15) is 0 Å². The lowest BCUT2D eigenvalue weighted by atomic mass is 10.0. The first-order chi connectivity index (χ1) is 12.7. The molecular formula is C20H27NO4Si. The number of hydrogen-bond donors (Lipinski definition) is 0. The van der Waals surface area contributed by atoms with Crippen LogP contribution in [0.15, 0.2) is 30.3 Å². The fraction of sp³-hybridized carbons (Fsp3) is 0.450. The molecular weight excluding hydrogens is 346 g/mol. The molecule has 0 spiro atoms. The zero-order chi connectivity index (χ0) is 18.6. The van der Waals surface area contributed by atoms with Crippen LogP contribution in [0.4, 0.5) is 0 Å². The molecule has 1 aliphatic carbocycles. The number of carbonyl (C=O) groups excluding carboxylic acids is 1. The van der Waals surface area contributed by atoms with Crippen LogP contribution >= 0.6 is 0 Å². The van der Waals surface area contributed by atoms with E-state index in [2.05, 4.69) is 22.8 Å². The Morgan fingerprint density at radius 3 is 2.35 bits per heavy atom. The summed E-state index contributed by atoms with van der Waals surface area (Å²) in [5.41, 5.74) is 2.89. The van der Waals surface area contributed by atoms with Gasteiger partial charge in [0.15, 0.2) is 5.78 Å². The number of nitrogens with zero attached hydrogens (tertiary/aromatic N) is 1. The Morgan fingerprint density at radius 2 is 1.69 bits per heavy atom. The fourth-order valence-corrected chi connectivity index (χ4v) is 6.16. The van der Waals surface area contributed by atoms with Crippen molar-refractivity contribution in [1.82, 2.24) is 4.57 Å². The van der Waals surface area contributed by atoms with Crippen LogP contribution < -0.4 is 0 Å². The van der Waals surface area contributed by atoms with Gasteiger partial charge >= 0.3 is 8.80 Å². The molecule has 0 saturated heterocycles. The Balaban J connectivity index is 1.99. The average molecular weight is 374 g/mol. The predicted molar refractivity (Wildman–Crippen MR) is 105 cm³/mol. The molecule has 0 fully saturated rings. The van der Waals surface area contributed by atoms with E-state index in [1.165, 1.54) is 0 Å². The van der Waals surface area contributed by atoms with E-state index in [1.54, 1.807) is 0 Å². The maximum Gasteiger partial charge on any atom is 0.502 e. The number of para-hydroxylation sites is 1. The zero-order valence-corrected chi connectivity index (χ0v) is 16.8. The van der Waals surface area contributed by atoms with E-state index in [0.29, 0.717) is 38.8 Å². The van der Waals surface area contributed by atoms with Crippen molar-refractivity contribution < 1.29 is 18.1 Å². The van der Waals surface area contributed by atoms with Gasteiger partial charge in [0.25, 0.3) is 0 Å². The molecule has 1 heterocycles. The van der Waals surface area contributed by atoms with Crippen molar-refractivity contribution in [2.75, 3.05) is 19.8 Å². The van der Waals surface area contributed by atoms with E-state index in [-0.39, 0.29) is 5.78 Å². The molecule has 1 aliphatic rings. The Labute approximate surface area is 155 Å². The van der Waals surface area contributed by atoms with Crippen LogP contribution in [-0.4, -0.2) is 39.0 Å². The molecule has 2 aromatic rings. The standard InChI is InChI=1S/C20H27NO4Si/c1-4-23-26(24-5-2,25-6-3)15-14-21-18-12-8-7-10-16(18)17-11-9-13-19(22)20(17)21/h7-12H,4-6,13-15H2,1-3H3. The molecule has 1 aromatic carbocycles. The number of aromatic nitrogens is 1. The van der Waals surface area contributed by atoms with Crippen LogP contribution in [0.2, 0.25) is 6.04 Å². The fourth-order valence-electron chi connectivity index (χ4n) is 3.66. The van der Waals surface area contributed by atoms with Crippen LogP contribution in [-0.2, 0) is 19.8 Å². The van der Waals surface area contributed by atoms with Crippen LogP contribution in [0.5, 0.6) is 0 Å². The summed E-state index contributed by atoms with van der Waals surface area (Å²) in [5.74, 6) is 0.162. The first-order valence-electron chi connectivity index (χ1n) is 9.38. The number of fused-ring (bicyclic) bond motifs is 3. The molecule has 0 radical (unpaired) electrons. The molecule has 0 amide bonds. The maximum atomic E-state index is 12.6. The summed E-state index contributed by atoms with van der Waals surface area (Å²) < 4.78 is 20.0. The van der Waals surface area contributed by atoms with Crippen molar-refractivity contribution in [1.29, 1.82) is 0 Å². The van der Waals surface area contributed by atoms with Crippen molar-refractivity contribution in [3.8, 4) is 0 Å². The van der Waals surface area contributed by atoms with E-state index in [4.69, 9.17) is 13.3 Å². The maximum absolute atomic E-state index is 12.6. The van der Waals surface area contributed by atoms with Crippen LogP contribution in [0.1, 0.15) is 43.2 Å². The van der Waals surface area contributed by atoms with Crippen molar-refractivity contribution >= 4 is 31.6 Å². The predicted octanol–water partition coefficient (Wildman–Crippen LogP) is 4.29. The molecule has 3 rings (SSSR count). The molecule has 26 heavy (non-hydrogen) atoms. The monoisotopic (exact) mass is 373 g/mol. The number of hydrogen-bond acceptors (Lipinski definition) is 4. The summed E-state index contributed by atoms with van der Waals surface area (Å²) in [6.07, 6.45) is 4.46. The van der Waals surface area contributed by atoms with Gasteiger partial charge in [0.05, 0.1) is 5.69 Å². The third-order valence-electron chi connectivity index (χ3n) is 4.60. The highest BCUT2D eigenvalue weighted by Gasteiger charge is 2.40. The van der Waals surface area contributed by atoms with E-state index in [0.717, 1.165) is 22.2 Å². The van der Waals surface area contributed by atoms with E-state index in [1.807, 2.05) is 39.0 Å². The number of carbonyl (C=O) groups is 1. The molecule has 140 valence electrons. The molecule has 0 N–H and O–H groups in total. The summed E-state index contributed by atoms with van der Waals surface area (Å²) in [7, 11) is -2.76. The highest BCUT2D eigenvalue weighted by molar-refractivity contribution is 6.60. The third-order valence-corrected chi connectivity index (χ3v) is 7.62. The van der Waals surface area contributed by atoms with E-state index < -0.39 is 8.80 Å². The molecule has 0 unspecified atom stereocenters. The highest BCUT2D eigenvalue weighted by atomic mass is 28.4. The lowest BCUT2D eigenvalue weighted by molar-refractivity contribution is 0.0700. The van der Waals surface area contributed by atoms with Crippen molar-refractivity contribution in [2.45, 2.75) is 39.8 Å². The summed E-state index contributed by atoms with van der Waals surface area (Å²) in [6, 6.07) is 8.81. The van der Waals surface area contributed by atoms with Gasteiger partial charge in [-0.05, 0) is 26.8 Å². The largest absolute Gasteiger partial charge is 0.502 e. The lowest BCUT2D eigenvalue weighted by Gasteiger charge is -2.29. The van der Waals surface area contributed by atoms with E-state index >= 15 is 0 Å². The lowest BCUT2D eigenvalue weighted by Crippen LogP contribution is -2.46. The van der Waals surface area contributed by atoms with E-state index in [9.17, 15) is 4.79 Å². The second-order valence-electron chi connectivity index (χ2n) is 6.19. The molecule has 1 aromatic heterocycles. The van der Waals surface area contributed by atoms with Gasteiger partial charge in [0.2, 0.25) is 0 Å². The molecule has 0 aliphatic heterocycles. The highest BCUT2D eigenvalue weighted by Crippen LogP contribution is 2.32. The number of allylic oxidation sites excluding steroid dienone is 1. The molecule has 0 bridgehead atoms. The van der Waals surface area contributed by atoms with Crippen molar-refractivity contribution in [3.63, 3.8) is 0 Å². The van der Waals surface area contributed by atoms with Gasteiger partial charge in [0.1, 0.15) is 0 Å². The Kier molecular flexibility index (Phi) is 6.08. The Bertz CT molecular complexity index is 794. The SMILES string of the molecule is CCO[Si](CCn1c2c(c3ccccc31)C=CCC2=O)(OCC)OCC. The Hall–Kier alpha value is -1.73. The van der Waals surface area contributed by atoms with Gasteiger partial charge < -0.3 is 17.8 Å². The summed E-state index contributed by atoms with van der Waals surface area (Å²) in [4.78, 5) is 12.6. The molecule has 6 heteroatoms. The number of rotatable bonds is 9. The summed E-state index contributed by atoms with van der Waals surface area (Å²) in [6.45, 7) is 8.18. The average Bonchev–Trinajstić information content (AvgIpc) is 2.96. The van der Waals surface area contributed by atoms with Gasteiger partial charge in [-0.3, -0.25) is 4.79 Å². The minimum absolute atomic E-state index is 0.162. The quantitative estimate of drug-likeness (QED) is 0.615. The van der Waals surface area contributed by atoms with Gasteiger partial charge in [-0.25, -0.2) is 0 Å². The first kappa shape index (κ1) is 19.0. The van der Waals surface area contributed by atoms with Gasteiger partial charge in [0, 0.05) is 55.3 Å². The molecule has 5 nitrogen and oxygen atoms in total. The number of ketones is 1. The van der Waals surface area contributed by atoms with Gasteiger partial charge in [-0.1, -0.05) is 30.4 Å². The smallest absolute Gasteiger partial charge is 0.374 e. The minimum Gasteiger partial charge on any atom is -0.374 e. The number of benzene rings is 1. The van der Waals surface area contributed by atoms with Gasteiger partial charge in [-0.15, -0.1) is 0 Å². The zero-order valence-electron chi connectivity index (χ0n) is 15.8. The summed E-state index contributed by atoms with van der Waals surface area (Å²) >= 11 is 0. The topological polar surface area (TPSA) is 49.7 Å². The Morgan fingerprint density at radius 1 is 1.04 bits per heavy atom. The van der Waals surface area contributed by atoms with Crippen LogP contribution in [0.25, 0.3) is 17.0 Å². The normalized spacial score (nSPS) is 14.2. The second-order valence-corrected chi connectivity index (χ2v) is 8.92. The van der Waals surface area contributed by atoms with Crippen molar-refractivity contribution in [2.24, 2.45) is 0 Å². The second kappa shape index (κ2) is 8.31. The first-order valence-corrected chi connectivity index (χ1v) is 11.3. The number of aryl methyl sites for hydroxylation is 1. The van der Waals surface area contributed by atoms with Crippen LogP contribution in [0, 0.1) is 0 Å². The van der Waals surface area contributed by atoms with Crippen LogP contribution in [0.3, 0.4) is 0 Å². The molecule has 0 saturated carbocycles. The van der Waals surface area contributed by atoms with Crippen molar-refractivity contribution in [3.05, 3.63) is 41.6 Å². The summed E-state index contributed by atoms with van der Waals surface area (Å²) in [5, 5.41) is 1.11. The molecule has 0 atom stereocenters. The minimum atomic E-state index is -2.76. The number of Topliss-reactive ketones (excluding diaryl/α,β-unsaturated/α-hetero) is 1.